The van der Waals surface area contributed by atoms with Crippen molar-refractivity contribution in [2.75, 3.05) is 6.61 Å². The molecule has 0 unspecified atom stereocenters. The second-order valence-corrected chi connectivity index (χ2v) is 4.25. The van der Waals surface area contributed by atoms with Crippen molar-refractivity contribution in [1.29, 1.82) is 0 Å². The number of rotatable bonds is 6. The molecule has 0 atom stereocenters. The van der Waals surface area contributed by atoms with Crippen LogP contribution in [0.25, 0.3) is 5.76 Å². The number of aromatic amines is 1. The lowest BCUT2D eigenvalue weighted by molar-refractivity contribution is 0.275. The zero-order valence-corrected chi connectivity index (χ0v) is 12.7. The first kappa shape index (κ1) is 17.5. The van der Waals surface area contributed by atoms with Crippen molar-refractivity contribution in [3.8, 4) is 0 Å². The maximum atomic E-state index is 11.1. The van der Waals surface area contributed by atoms with E-state index < -0.39 is 0 Å². The minimum atomic E-state index is -0.102. The highest BCUT2D eigenvalue weighted by Crippen LogP contribution is 2.12. The zero-order chi connectivity index (χ0) is 14.5. The van der Waals surface area contributed by atoms with Gasteiger partial charge in [0.1, 0.15) is 5.76 Å². The molecule has 0 radical (unpaired) electrons. The monoisotopic (exact) mass is 265 g/mol. The van der Waals surface area contributed by atoms with E-state index in [4.69, 9.17) is 4.74 Å². The second kappa shape index (κ2) is 11.6. The molecule has 0 saturated heterocycles. The summed E-state index contributed by atoms with van der Waals surface area (Å²) in [5.41, 5.74) is 0.646. The summed E-state index contributed by atoms with van der Waals surface area (Å²) >= 11 is 0. The molecule has 0 aliphatic heterocycles. The molecule has 0 aliphatic rings. The standard InChI is InChI=1S/C12H17NO2.C4H10/c1-3-6-11(15-9-4-2)10-7-5-8-12(14)13-10;1-3-4-2/h5-8H,3-4,9H2,1-2H3,(H,13,14);3-4H2,1-2H3/b11-6+;. The van der Waals surface area contributed by atoms with Crippen molar-refractivity contribution in [2.45, 2.75) is 53.4 Å². The summed E-state index contributed by atoms with van der Waals surface area (Å²) in [6.45, 7) is 9.12. The number of pyridine rings is 1. The SMILES string of the molecule is CC/C=C(/OCCC)c1cccc(=O)[nH]1.CCCC. The molecule has 0 spiro atoms. The van der Waals surface area contributed by atoms with E-state index in [-0.39, 0.29) is 5.56 Å². The first-order chi connectivity index (χ1) is 9.19. The normalized spacial score (nSPS) is 10.6. The fourth-order valence-electron chi connectivity index (χ4n) is 1.24. The lowest BCUT2D eigenvalue weighted by atomic mass is 10.2. The third-order valence-corrected chi connectivity index (χ3v) is 2.39. The van der Waals surface area contributed by atoms with E-state index in [1.807, 2.05) is 19.1 Å². The van der Waals surface area contributed by atoms with Crippen LogP contribution >= 0.6 is 0 Å². The predicted octanol–water partition coefficient (Wildman–Crippen LogP) is 4.36. The minimum absolute atomic E-state index is 0.102. The molecule has 1 N–H and O–H groups in total. The van der Waals surface area contributed by atoms with Gasteiger partial charge in [-0.2, -0.15) is 0 Å². The van der Waals surface area contributed by atoms with Gasteiger partial charge in [-0.15, -0.1) is 0 Å². The van der Waals surface area contributed by atoms with Crippen LogP contribution in [-0.2, 0) is 4.74 Å². The van der Waals surface area contributed by atoms with Crippen molar-refractivity contribution in [1.82, 2.24) is 4.98 Å². The summed E-state index contributed by atoms with van der Waals surface area (Å²) in [4.78, 5) is 13.9. The largest absolute Gasteiger partial charge is 0.492 e. The molecule has 0 fully saturated rings. The number of nitrogens with one attached hydrogen (secondary N) is 1. The lowest BCUT2D eigenvalue weighted by Crippen LogP contribution is -2.07. The molecule has 0 aromatic carbocycles. The Morgan fingerprint density at radius 3 is 2.32 bits per heavy atom. The highest BCUT2D eigenvalue weighted by molar-refractivity contribution is 5.55. The molecule has 1 aromatic rings. The fraction of sp³-hybridized carbons (Fsp3) is 0.562. The van der Waals surface area contributed by atoms with Crippen LogP contribution in [0.15, 0.2) is 29.1 Å². The molecule has 19 heavy (non-hydrogen) atoms. The highest BCUT2D eigenvalue weighted by atomic mass is 16.5. The summed E-state index contributed by atoms with van der Waals surface area (Å²) < 4.78 is 5.56. The Hall–Kier alpha value is -1.51. The molecule has 1 heterocycles. The van der Waals surface area contributed by atoms with Gasteiger partial charge in [-0.1, -0.05) is 46.6 Å². The second-order valence-electron chi connectivity index (χ2n) is 4.25. The van der Waals surface area contributed by atoms with Gasteiger partial charge in [0, 0.05) is 6.07 Å². The number of hydrogen-bond donors (Lipinski definition) is 1. The molecular formula is C16H27NO2. The van der Waals surface area contributed by atoms with Crippen molar-refractivity contribution in [2.24, 2.45) is 0 Å². The summed E-state index contributed by atoms with van der Waals surface area (Å²) in [6, 6.07) is 5.07. The third kappa shape index (κ3) is 8.25. The van der Waals surface area contributed by atoms with Gasteiger partial charge in [0.05, 0.1) is 12.3 Å². The Balaban J connectivity index is 0.000000711. The summed E-state index contributed by atoms with van der Waals surface area (Å²) in [5.74, 6) is 0.761. The minimum Gasteiger partial charge on any atom is -0.492 e. The van der Waals surface area contributed by atoms with E-state index >= 15 is 0 Å². The number of hydrogen-bond acceptors (Lipinski definition) is 2. The summed E-state index contributed by atoms with van der Waals surface area (Å²) in [5, 5.41) is 0. The summed E-state index contributed by atoms with van der Waals surface area (Å²) in [7, 11) is 0. The smallest absolute Gasteiger partial charge is 0.248 e. The zero-order valence-electron chi connectivity index (χ0n) is 12.7. The number of ether oxygens (including phenoxy) is 1. The quantitative estimate of drug-likeness (QED) is 0.776. The van der Waals surface area contributed by atoms with Crippen LogP contribution in [0.1, 0.15) is 59.1 Å². The molecule has 1 rings (SSSR count). The average molecular weight is 265 g/mol. The Morgan fingerprint density at radius 1 is 1.16 bits per heavy atom. The topological polar surface area (TPSA) is 42.1 Å². The van der Waals surface area contributed by atoms with Crippen molar-refractivity contribution >= 4 is 5.76 Å². The van der Waals surface area contributed by atoms with Crippen molar-refractivity contribution < 1.29 is 4.74 Å². The van der Waals surface area contributed by atoms with Gasteiger partial charge < -0.3 is 9.72 Å². The van der Waals surface area contributed by atoms with Crippen LogP contribution in [0.4, 0.5) is 0 Å². The fourth-order valence-corrected chi connectivity index (χ4v) is 1.24. The van der Waals surface area contributed by atoms with Gasteiger partial charge in [-0.3, -0.25) is 4.79 Å². The van der Waals surface area contributed by atoms with Gasteiger partial charge in [-0.25, -0.2) is 0 Å². The van der Waals surface area contributed by atoms with Crippen molar-refractivity contribution in [3.05, 3.63) is 40.3 Å². The number of allylic oxidation sites excluding steroid dienone is 1. The van der Waals surface area contributed by atoms with Crippen LogP contribution < -0.4 is 5.56 Å². The Bertz CT molecular complexity index is 405. The van der Waals surface area contributed by atoms with Crippen LogP contribution in [0.5, 0.6) is 0 Å². The Morgan fingerprint density at radius 2 is 1.84 bits per heavy atom. The number of aromatic nitrogens is 1. The molecular weight excluding hydrogens is 238 g/mol. The lowest BCUT2D eigenvalue weighted by Gasteiger charge is -2.09. The van der Waals surface area contributed by atoms with Crippen LogP contribution in [0, 0.1) is 0 Å². The number of H-pyrrole nitrogens is 1. The Labute approximate surface area is 116 Å². The first-order valence-corrected chi connectivity index (χ1v) is 7.22. The average Bonchev–Trinajstić information content (AvgIpc) is 2.43. The van der Waals surface area contributed by atoms with E-state index in [0.717, 1.165) is 24.3 Å². The van der Waals surface area contributed by atoms with Crippen LogP contribution in [0.2, 0.25) is 0 Å². The van der Waals surface area contributed by atoms with E-state index in [1.54, 1.807) is 6.07 Å². The molecule has 0 amide bonds. The molecule has 0 saturated carbocycles. The number of unbranched alkanes of at least 4 members (excludes halogenated alkanes) is 1. The third-order valence-electron chi connectivity index (χ3n) is 2.39. The maximum Gasteiger partial charge on any atom is 0.248 e. The van der Waals surface area contributed by atoms with E-state index in [0.29, 0.717) is 6.61 Å². The van der Waals surface area contributed by atoms with Crippen LogP contribution in [-0.4, -0.2) is 11.6 Å². The highest BCUT2D eigenvalue weighted by Gasteiger charge is 2.02. The van der Waals surface area contributed by atoms with E-state index in [9.17, 15) is 4.79 Å². The van der Waals surface area contributed by atoms with E-state index in [2.05, 4.69) is 25.8 Å². The van der Waals surface area contributed by atoms with E-state index in [1.165, 1.54) is 18.9 Å². The first-order valence-electron chi connectivity index (χ1n) is 7.22. The van der Waals surface area contributed by atoms with Gasteiger partial charge in [0.15, 0.2) is 0 Å². The molecule has 1 aromatic heterocycles. The van der Waals surface area contributed by atoms with Gasteiger partial charge >= 0.3 is 0 Å². The van der Waals surface area contributed by atoms with Gasteiger partial charge in [-0.05, 0) is 25.0 Å². The molecule has 3 nitrogen and oxygen atoms in total. The predicted molar refractivity (Wildman–Crippen MR) is 82.2 cm³/mol. The van der Waals surface area contributed by atoms with Gasteiger partial charge in [0.2, 0.25) is 5.56 Å². The maximum absolute atomic E-state index is 11.1. The Kier molecular flexibility index (Phi) is 10.7. The summed E-state index contributed by atoms with van der Waals surface area (Å²) in [6.07, 6.45) is 6.45. The van der Waals surface area contributed by atoms with Gasteiger partial charge in [0.25, 0.3) is 0 Å². The molecule has 0 aliphatic carbocycles. The molecule has 3 heteroatoms. The molecule has 108 valence electrons. The van der Waals surface area contributed by atoms with Crippen molar-refractivity contribution in [3.63, 3.8) is 0 Å². The molecule has 0 bridgehead atoms. The van der Waals surface area contributed by atoms with Crippen LogP contribution in [0.3, 0.4) is 0 Å².